The fourth-order valence-corrected chi connectivity index (χ4v) is 4.19. The lowest BCUT2D eigenvalue weighted by Crippen LogP contribution is -2.48. The molecular formula is C13H26N2O3S. The standard InChI is InChI=1S/C13H26N2O3S/c1-11-9-15(10-12(2)18-11)19(16,17)8-4-3-7-14-13-5-6-13/h11-14H,3-10H2,1-2H3/t11-,12+. The number of hydrogen-bond acceptors (Lipinski definition) is 4. The van der Waals surface area contributed by atoms with E-state index >= 15 is 0 Å². The van der Waals surface area contributed by atoms with Crippen LogP contribution in [0.3, 0.4) is 0 Å². The molecule has 1 N–H and O–H groups in total. The second kappa shape index (κ2) is 6.52. The van der Waals surface area contributed by atoms with Crippen LogP contribution < -0.4 is 5.32 Å². The predicted octanol–water partition coefficient (Wildman–Crippen LogP) is 0.958. The van der Waals surface area contributed by atoms with E-state index in [1.807, 2.05) is 13.8 Å². The molecule has 1 aliphatic carbocycles. The highest BCUT2D eigenvalue weighted by atomic mass is 32.2. The second-order valence-corrected chi connectivity index (χ2v) is 7.91. The maximum absolute atomic E-state index is 12.2. The zero-order chi connectivity index (χ0) is 13.9. The zero-order valence-electron chi connectivity index (χ0n) is 12.0. The molecule has 0 aromatic heterocycles. The van der Waals surface area contributed by atoms with Crippen LogP contribution in [0.5, 0.6) is 0 Å². The Morgan fingerprint density at radius 2 is 1.79 bits per heavy atom. The van der Waals surface area contributed by atoms with E-state index in [4.69, 9.17) is 4.74 Å². The van der Waals surface area contributed by atoms with E-state index in [1.54, 1.807) is 4.31 Å². The van der Waals surface area contributed by atoms with Crippen LogP contribution in [0.25, 0.3) is 0 Å². The molecule has 0 aromatic carbocycles. The Hall–Kier alpha value is -0.170. The summed E-state index contributed by atoms with van der Waals surface area (Å²) in [7, 11) is -3.11. The Labute approximate surface area is 116 Å². The Balaban J connectivity index is 1.70. The van der Waals surface area contributed by atoms with Gasteiger partial charge in [0.1, 0.15) is 0 Å². The first-order valence-corrected chi connectivity index (χ1v) is 8.95. The summed E-state index contributed by atoms with van der Waals surface area (Å²) in [5.41, 5.74) is 0. The van der Waals surface area contributed by atoms with Gasteiger partial charge in [-0.15, -0.1) is 0 Å². The van der Waals surface area contributed by atoms with Crippen LogP contribution in [0.2, 0.25) is 0 Å². The molecule has 0 bridgehead atoms. The van der Waals surface area contributed by atoms with Gasteiger partial charge in [0.05, 0.1) is 18.0 Å². The number of morpholine rings is 1. The molecule has 112 valence electrons. The number of nitrogens with zero attached hydrogens (tertiary/aromatic N) is 1. The van der Waals surface area contributed by atoms with Crippen molar-refractivity contribution in [3.05, 3.63) is 0 Å². The van der Waals surface area contributed by atoms with Gasteiger partial charge in [0.2, 0.25) is 10.0 Å². The summed E-state index contributed by atoms with van der Waals surface area (Å²) in [6, 6.07) is 0.706. The van der Waals surface area contributed by atoms with Crippen LogP contribution in [0.1, 0.15) is 39.5 Å². The number of sulfonamides is 1. The average Bonchev–Trinajstić information content (AvgIpc) is 3.11. The van der Waals surface area contributed by atoms with Gasteiger partial charge in [-0.05, 0) is 46.1 Å². The summed E-state index contributed by atoms with van der Waals surface area (Å²) in [5, 5.41) is 3.41. The third kappa shape index (κ3) is 5.02. The van der Waals surface area contributed by atoms with E-state index in [1.165, 1.54) is 12.8 Å². The lowest BCUT2D eigenvalue weighted by molar-refractivity contribution is -0.0440. The minimum atomic E-state index is -3.11. The molecule has 0 amide bonds. The zero-order valence-corrected chi connectivity index (χ0v) is 12.8. The third-order valence-electron chi connectivity index (χ3n) is 3.62. The molecule has 2 rings (SSSR count). The van der Waals surface area contributed by atoms with E-state index < -0.39 is 10.0 Å². The number of unbranched alkanes of at least 4 members (excludes halogenated alkanes) is 1. The predicted molar refractivity (Wildman–Crippen MR) is 75.6 cm³/mol. The lowest BCUT2D eigenvalue weighted by atomic mass is 10.3. The molecule has 0 spiro atoms. The summed E-state index contributed by atoms with van der Waals surface area (Å²) in [6.45, 7) is 5.78. The van der Waals surface area contributed by atoms with Gasteiger partial charge in [-0.2, -0.15) is 4.31 Å². The summed E-state index contributed by atoms with van der Waals surface area (Å²) in [5.74, 6) is 0.263. The molecule has 0 unspecified atom stereocenters. The van der Waals surface area contributed by atoms with Crippen molar-refractivity contribution in [1.29, 1.82) is 0 Å². The Morgan fingerprint density at radius 1 is 1.16 bits per heavy atom. The minimum Gasteiger partial charge on any atom is -0.373 e. The van der Waals surface area contributed by atoms with Crippen molar-refractivity contribution >= 4 is 10.0 Å². The van der Waals surface area contributed by atoms with Crippen LogP contribution in [-0.2, 0) is 14.8 Å². The van der Waals surface area contributed by atoms with Crippen molar-refractivity contribution in [2.45, 2.75) is 57.8 Å². The average molecular weight is 290 g/mol. The topological polar surface area (TPSA) is 58.6 Å². The van der Waals surface area contributed by atoms with Crippen molar-refractivity contribution in [1.82, 2.24) is 9.62 Å². The van der Waals surface area contributed by atoms with Gasteiger partial charge in [0.15, 0.2) is 0 Å². The van der Waals surface area contributed by atoms with Gasteiger partial charge >= 0.3 is 0 Å². The highest BCUT2D eigenvalue weighted by Gasteiger charge is 2.30. The van der Waals surface area contributed by atoms with Gasteiger partial charge in [0.25, 0.3) is 0 Å². The first kappa shape index (κ1) is 15.2. The molecule has 0 aromatic rings. The van der Waals surface area contributed by atoms with Gasteiger partial charge < -0.3 is 10.1 Å². The first-order valence-electron chi connectivity index (χ1n) is 7.34. The minimum absolute atomic E-state index is 0.00458. The largest absolute Gasteiger partial charge is 0.373 e. The molecule has 6 heteroatoms. The number of rotatable bonds is 7. The lowest BCUT2D eigenvalue weighted by Gasteiger charge is -2.34. The van der Waals surface area contributed by atoms with E-state index in [0.29, 0.717) is 19.1 Å². The molecule has 1 saturated carbocycles. The monoisotopic (exact) mass is 290 g/mol. The molecule has 2 fully saturated rings. The van der Waals surface area contributed by atoms with E-state index in [0.717, 1.165) is 19.4 Å². The SMILES string of the molecule is C[C@@H]1CN(S(=O)(=O)CCCCNC2CC2)C[C@H](C)O1. The maximum Gasteiger partial charge on any atom is 0.214 e. The van der Waals surface area contributed by atoms with E-state index in [-0.39, 0.29) is 18.0 Å². The van der Waals surface area contributed by atoms with Crippen LogP contribution in [-0.4, -0.2) is 56.4 Å². The van der Waals surface area contributed by atoms with Crippen LogP contribution in [0, 0.1) is 0 Å². The smallest absolute Gasteiger partial charge is 0.214 e. The van der Waals surface area contributed by atoms with Gasteiger partial charge in [-0.25, -0.2) is 8.42 Å². The molecule has 2 aliphatic rings. The summed E-state index contributed by atoms with van der Waals surface area (Å²) in [4.78, 5) is 0. The van der Waals surface area contributed by atoms with Gasteiger partial charge in [-0.3, -0.25) is 0 Å². The highest BCUT2D eigenvalue weighted by molar-refractivity contribution is 7.89. The fraction of sp³-hybridized carbons (Fsp3) is 1.00. The Bertz CT molecular complexity index is 371. The molecular weight excluding hydrogens is 264 g/mol. The quantitative estimate of drug-likeness (QED) is 0.710. The Kier molecular flexibility index (Phi) is 5.22. The fourth-order valence-electron chi connectivity index (χ4n) is 2.49. The van der Waals surface area contributed by atoms with Gasteiger partial charge in [0, 0.05) is 19.1 Å². The molecule has 1 heterocycles. The van der Waals surface area contributed by atoms with Crippen LogP contribution in [0.15, 0.2) is 0 Å². The van der Waals surface area contributed by atoms with Crippen molar-refractivity contribution in [2.75, 3.05) is 25.4 Å². The summed E-state index contributed by atoms with van der Waals surface area (Å²) >= 11 is 0. The Morgan fingerprint density at radius 3 is 2.37 bits per heavy atom. The summed E-state index contributed by atoms with van der Waals surface area (Å²) in [6.07, 6.45) is 4.22. The second-order valence-electron chi connectivity index (χ2n) is 5.83. The maximum atomic E-state index is 12.2. The number of nitrogens with one attached hydrogen (secondary N) is 1. The van der Waals surface area contributed by atoms with Crippen LogP contribution >= 0.6 is 0 Å². The molecule has 1 saturated heterocycles. The van der Waals surface area contributed by atoms with E-state index in [9.17, 15) is 8.42 Å². The van der Waals surface area contributed by atoms with E-state index in [2.05, 4.69) is 5.32 Å². The van der Waals surface area contributed by atoms with Gasteiger partial charge in [-0.1, -0.05) is 0 Å². The van der Waals surface area contributed by atoms with Crippen molar-refractivity contribution < 1.29 is 13.2 Å². The third-order valence-corrected chi connectivity index (χ3v) is 5.51. The van der Waals surface area contributed by atoms with Crippen molar-refractivity contribution in [3.8, 4) is 0 Å². The number of hydrogen-bond donors (Lipinski definition) is 1. The number of ether oxygens (including phenoxy) is 1. The molecule has 2 atom stereocenters. The first-order chi connectivity index (χ1) is 8.97. The molecule has 19 heavy (non-hydrogen) atoms. The summed E-state index contributed by atoms with van der Waals surface area (Å²) < 4.78 is 31.6. The van der Waals surface area contributed by atoms with Crippen molar-refractivity contribution in [3.63, 3.8) is 0 Å². The molecule has 1 aliphatic heterocycles. The molecule has 0 radical (unpaired) electrons. The normalized spacial score (nSPS) is 29.6. The highest BCUT2D eigenvalue weighted by Crippen LogP contribution is 2.19. The molecule has 5 nitrogen and oxygen atoms in total. The van der Waals surface area contributed by atoms with Crippen LogP contribution in [0.4, 0.5) is 0 Å². The van der Waals surface area contributed by atoms with Crippen molar-refractivity contribution in [2.24, 2.45) is 0 Å².